The maximum atomic E-state index is 13.3. The zero-order valence-electron chi connectivity index (χ0n) is 14.3. The fourth-order valence-electron chi connectivity index (χ4n) is 5.08. The van der Waals surface area contributed by atoms with Crippen LogP contribution < -0.4 is 4.90 Å². The predicted octanol–water partition coefficient (Wildman–Crippen LogP) is 3.94. The van der Waals surface area contributed by atoms with Crippen LogP contribution in [0.5, 0.6) is 0 Å². The van der Waals surface area contributed by atoms with E-state index < -0.39 is 0 Å². The summed E-state index contributed by atoms with van der Waals surface area (Å²) < 4.78 is 13.2. The normalized spacial score (nSPS) is 37.5. The van der Waals surface area contributed by atoms with E-state index in [9.17, 15) is 14.0 Å². The molecule has 2 amide bonds. The average molecular weight is 327 g/mol. The molecule has 126 valence electrons. The third-order valence-electron chi connectivity index (χ3n) is 6.63. The number of allylic oxidation sites excluding steroid dienone is 2. The van der Waals surface area contributed by atoms with Gasteiger partial charge in [0.15, 0.2) is 0 Å². The van der Waals surface area contributed by atoms with Gasteiger partial charge in [0, 0.05) is 5.41 Å². The van der Waals surface area contributed by atoms with E-state index in [1.54, 1.807) is 0 Å². The first-order chi connectivity index (χ1) is 11.3. The monoisotopic (exact) mass is 327 g/mol. The second-order valence-corrected chi connectivity index (χ2v) is 8.05. The molecule has 2 bridgehead atoms. The Kier molecular flexibility index (Phi) is 3.09. The standard InChI is InChI=1S/C20H22FNO2/c1-12(2)20-10-8-19(3,9-11-20)15-16(20)18(24)22(17(15)23)14-6-4-13(21)5-7-14/h4-8,10,12,15-16H,9,11H2,1-3H3/t15-,16+,19+,20+/m0/s1. The Morgan fingerprint density at radius 3 is 2.21 bits per heavy atom. The highest BCUT2D eigenvalue weighted by atomic mass is 19.1. The molecule has 0 unspecified atom stereocenters. The summed E-state index contributed by atoms with van der Waals surface area (Å²) in [5.41, 5.74) is -0.0324. The van der Waals surface area contributed by atoms with E-state index in [0.29, 0.717) is 5.69 Å². The fraction of sp³-hybridized carbons (Fsp3) is 0.500. The zero-order chi connectivity index (χ0) is 17.3. The van der Waals surface area contributed by atoms with Gasteiger partial charge in [-0.15, -0.1) is 0 Å². The minimum Gasteiger partial charge on any atom is -0.274 e. The number of rotatable bonds is 2. The van der Waals surface area contributed by atoms with Gasteiger partial charge in [0.1, 0.15) is 5.82 Å². The number of carbonyl (C=O) groups excluding carboxylic acids is 2. The van der Waals surface area contributed by atoms with Crippen molar-refractivity contribution in [2.75, 3.05) is 4.90 Å². The van der Waals surface area contributed by atoms with Crippen molar-refractivity contribution in [1.29, 1.82) is 0 Å². The van der Waals surface area contributed by atoms with Gasteiger partial charge in [-0.05, 0) is 48.4 Å². The van der Waals surface area contributed by atoms with Crippen LogP contribution in [0.25, 0.3) is 0 Å². The minimum absolute atomic E-state index is 0.124. The summed E-state index contributed by atoms with van der Waals surface area (Å²) in [6.07, 6.45) is 6.23. The molecule has 4 heteroatoms. The minimum atomic E-state index is -0.373. The van der Waals surface area contributed by atoms with E-state index >= 15 is 0 Å². The largest absolute Gasteiger partial charge is 0.274 e. The molecule has 0 radical (unpaired) electrons. The molecule has 5 rings (SSSR count). The Morgan fingerprint density at radius 1 is 1.04 bits per heavy atom. The molecule has 24 heavy (non-hydrogen) atoms. The van der Waals surface area contributed by atoms with Crippen LogP contribution in [0.3, 0.4) is 0 Å². The molecule has 1 aliphatic heterocycles. The van der Waals surface area contributed by atoms with Crippen LogP contribution in [-0.2, 0) is 9.59 Å². The summed E-state index contributed by atoms with van der Waals surface area (Å²) >= 11 is 0. The van der Waals surface area contributed by atoms with Crippen LogP contribution >= 0.6 is 0 Å². The van der Waals surface area contributed by atoms with Gasteiger partial charge in [-0.1, -0.05) is 32.9 Å². The molecule has 1 heterocycles. The number of carbonyl (C=O) groups is 2. The Bertz CT molecular complexity index is 753. The van der Waals surface area contributed by atoms with Crippen LogP contribution in [0.2, 0.25) is 0 Å². The van der Waals surface area contributed by atoms with Gasteiger partial charge in [-0.2, -0.15) is 0 Å². The molecule has 0 aromatic heterocycles. The van der Waals surface area contributed by atoms with Gasteiger partial charge in [0.05, 0.1) is 17.5 Å². The Hall–Kier alpha value is -1.97. The molecule has 3 aliphatic carbocycles. The van der Waals surface area contributed by atoms with Gasteiger partial charge in [0.25, 0.3) is 0 Å². The highest BCUT2D eigenvalue weighted by Crippen LogP contribution is 2.64. The maximum absolute atomic E-state index is 13.3. The summed E-state index contributed by atoms with van der Waals surface area (Å²) in [5, 5.41) is 0. The Labute approximate surface area is 141 Å². The van der Waals surface area contributed by atoms with E-state index in [2.05, 4.69) is 32.9 Å². The quantitative estimate of drug-likeness (QED) is 0.609. The highest BCUT2D eigenvalue weighted by Gasteiger charge is 2.67. The number of hydrogen-bond acceptors (Lipinski definition) is 2. The topological polar surface area (TPSA) is 37.4 Å². The lowest BCUT2D eigenvalue weighted by Gasteiger charge is -2.55. The van der Waals surface area contributed by atoms with Crippen LogP contribution in [0.4, 0.5) is 10.1 Å². The van der Waals surface area contributed by atoms with Crippen molar-refractivity contribution < 1.29 is 14.0 Å². The van der Waals surface area contributed by atoms with Crippen molar-refractivity contribution >= 4 is 17.5 Å². The van der Waals surface area contributed by atoms with Crippen molar-refractivity contribution in [2.45, 2.75) is 33.6 Å². The molecule has 1 aromatic carbocycles. The zero-order valence-corrected chi connectivity index (χ0v) is 14.3. The first kappa shape index (κ1) is 15.6. The molecule has 2 fully saturated rings. The summed E-state index contributed by atoms with van der Waals surface area (Å²) in [5.74, 6) is -0.956. The first-order valence-electron chi connectivity index (χ1n) is 8.64. The predicted molar refractivity (Wildman–Crippen MR) is 89.6 cm³/mol. The fourth-order valence-corrected chi connectivity index (χ4v) is 5.08. The molecule has 1 aromatic rings. The van der Waals surface area contributed by atoms with Crippen LogP contribution in [0.15, 0.2) is 36.4 Å². The lowest BCUT2D eigenvalue weighted by Crippen LogP contribution is -2.53. The number of benzene rings is 1. The van der Waals surface area contributed by atoms with Gasteiger partial charge in [-0.25, -0.2) is 9.29 Å². The van der Waals surface area contributed by atoms with Gasteiger partial charge >= 0.3 is 0 Å². The molecule has 1 saturated carbocycles. The van der Waals surface area contributed by atoms with E-state index in [4.69, 9.17) is 0 Å². The molecular weight excluding hydrogens is 305 g/mol. The van der Waals surface area contributed by atoms with Crippen LogP contribution in [0.1, 0.15) is 33.6 Å². The van der Waals surface area contributed by atoms with Crippen molar-refractivity contribution in [3.05, 3.63) is 42.2 Å². The van der Waals surface area contributed by atoms with Gasteiger partial charge in [-0.3, -0.25) is 9.59 Å². The number of halogens is 1. The van der Waals surface area contributed by atoms with Crippen molar-refractivity contribution in [2.24, 2.45) is 28.6 Å². The van der Waals surface area contributed by atoms with E-state index in [0.717, 1.165) is 12.8 Å². The number of anilines is 1. The molecule has 4 aliphatic rings. The summed E-state index contributed by atoms with van der Waals surface area (Å²) in [4.78, 5) is 27.7. The smallest absolute Gasteiger partial charge is 0.238 e. The van der Waals surface area contributed by atoms with Crippen molar-refractivity contribution in [1.82, 2.24) is 0 Å². The highest BCUT2D eigenvalue weighted by molar-refractivity contribution is 6.23. The number of amides is 2. The van der Waals surface area contributed by atoms with Gasteiger partial charge in [0.2, 0.25) is 11.8 Å². The maximum Gasteiger partial charge on any atom is 0.238 e. The first-order valence-corrected chi connectivity index (χ1v) is 8.64. The number of hydrogen-bond donors (Lipinski definition) is 0. The molecule has 4 atom stereocenters. The lowest BCUT2D eigenvalue weighted by molar-refractivity contribution is -0.135. The number of nitrogens with zero attached hydrogens (tertiary/aromatic N) is 1. The SMILES string of the molecule is CC(C)[C@@]12C=C[C@](C)(CC1)[C@@H]1C(=O)N(c3ccc(F)cc3)C(=O)[C@@H]12. The van der Waals surface area contributed by atoms with Crippen molar-refractivity contribution in [3.63, 3.8) is 0 Å². The van der Waals surface area contributed by atoms with E-state index in [1.165, 1.54) is 29.2 Å². The molecule has 3 nitrogen and oxygen atoms in total. The number of fused-ring (bicyclic) bond motifs is 1. The van der Waals surface area contributed by atoms with Crippen molar-refractivity contribution in [3.8, 4) is 0 Å². The Balaban J connectivity index is 1.84. The van der Waals surface area contributed by atoms with E-state index in [1.807, 2.05) is 0 Å². The molecule has 0 N–H and O–H groups in total. The molecule has 1 saturated heterocycles. The second-order valence-electron chi connectivity index (χ2n) is 8.05. The molecule has 0 spiro atoms. The van der Waals surface area contributed by atoms with Crippen LogP contribution in [0, 0.1) is 34.4 Å². The Morgan fingerprint density at radius 2 is 1.67 bits per heavy atom. The third-order valence-corrected chi connectivity index (χ3v) is 6.63. The summed E-state index contributed by atoms with van der Waals surface area (Å²) in [7, 11) is 0. The lowest BCUT2D eigenvalue weighted by atomic mass is 9.46. The van der Waals surface area contributed by atoms with E-state index in [-0.39, 0.29) is 46.2 Å². The van der Waals surface area contributed by atoms with Gasteiger partial charge < -0.3 is 0 Å². The summed E-state index contributed by atoms with van der Waals surface area (Å²) in [6, 6.07) is 5.62. The third kappa shape index (κ3) is 1.77. The average Bonchev–Trinajstić information content (AvgIpc) is 2.83. The van der Waals surface area contributed by atoms with Crippen LogP contribution in [-0.4, -0.2) is 11.8 Å². The molecular formula is C20H22FNO2. The second kappa shape index (κ2) is 4.78. The summed E-state index contributed by atoms with van der Waals surface area (Å²) in [6.45, 7) is 6.35. The number of imide groups is 1.